The predicted molar refractivity (Wildman–Crippen MR) is 74.9 cm³/mol. The summed E-state index contributed by atoms with van der Waals surface area (Å²) in [6.45, 7) is 4.15. The van der Waals surface area contributed by atoms with Gasteiger partial charge >= 0.3 is 0 Å². The zero-order valence-electron chi connectivity index (χ0n) is 10.9. The van der Waals surface area contributed by atoms with Gasteiger partial charge in [-0.3, -0.25) is 0 Å². The Labute approximate surface area is 108 Å². The summed E-state index contributed by atoms with van der Waals surface area (Å²) in [6.07, 6.45) is 1.83. The fraction of sp³-hybridized carbons (Fsp3) is 0.235. The van der Waals surface area contributed by atoms with Gasteiger partial charge in [-0.25, -0.2) is 0 Å². The summed E-state index contributed by atoms with van der Waals surface area (Å²) in [5, 5.41) is 0. The van der Waals surface area contributed by atoms with Crippen LogP contribution in [0.2, 0.25) is 0 Å². The average Bonchev–Trinajstić information content (AvgIpc) is 2.39. The Balaban J connectivity index is 2.22. The molecule has 2 rings (SSSR count). The van der Waals surface area contributed by atoms with Crippen LogP contribution in [-0.4, -0.2) is 6.29 Å². The Bertz CT molecular complexity index is 526. The van der Waals surface area contributed by atoms with Crippen molar-refractivity contribution in [2.75, 3.05) is 0 Å². The van der Waals surface area contributed by atoms with E-state index in [4.69, 9.17) is 0 Å². The van der Waals surface area contributed by atoms with E-state index in [1.165, 1.54) is 16.7 Å². The molecule has 0 saturated carbocycles. The van der Waals surface area contributed by atoms with E-state index >= 15 is 0 Å². The highest BCUT2D eigenvalue weighted by Crippen LogP contribution is 2.21. The summed E-state index contributed by atoms with van der Waals surface area (Å²) in [7, 11) is 0. The molecule has 0 aromatic heterocycles. The minimum atomic E-state index is -0.0494. The number of benzene rings is 2. The molecule has 0 bridgehead atoms. The lowest BCUT2D eigenvalue weighted by Crippen LogP contribution is -2.05. The quantitative estimate of drug-likeness (QED) is 0.740. The lowest BCUT2D eigenvalue weighted by atomic mass is 9.91. The number of aldehydes is 1. The highest BCUT2D eigenvalue weighted by molar-refractivity contribution is 5.63. The van der Waals surface area contributed by atoms with Crippen molar-refractivity contribution in [3.8, 4) is 0 Å². The van der Waals surface area contributed by atoms with E-state index in [-0.39, 0.29) is 5.92 Å². The Hall–Kier alpha value is -1.89. The second-order valence-corrected chi connectivity index (χ2v) is 4.78. The van der Waals surface area contributed by atoms with Crippen molar-refractivity contribution < 1.29 is 4.79 Å². The van der Waals surface area contributed by atoms with Crippen molar-refractivity contribution in [2.45, 2.75) is 26.2 Å². The third kappa shape index (κ3) is 2.86. The summed E-state index contributed by atoms with van der Waals surface area (Å²) in [5.74, 6) is -0.0494. The molecule has 2 aromatic carbocycles. The Morgan fingerprint density at radius 2 is 1.67 bits per heavy atom. The first kappa shape index (κ1) is 12.6. The van der Waals surface area contributed by atoms with Gasteiger partial charge in [-0.1, -0.05) is 54.1 Å². The zero-order valence-corrected chi connectivity index (χ0v) is 10.9. The summed E-state index contributed by atoms with van der Waals surface area (Å²) in [6, 6.07) is 16.5. The maximum Gasteiger partial charge on any atom is 0.127 e. The smallest absolute Gasteiger partial charge is 0.127 e. The average molecular weight is 238 g/mol. The van der Waals surface area contributed by atoms with Crippen molar-refractivity contribution in [1.82, 2.24) is 0 Å². The first-order valence-corrected chi connectivity index (χ1v) is 6.27. The summed E-state index contributed by atoms with van der Waals surface area (Å²) >= 11 is 0. The molecule has 0 heterocycles. The van der Waals surface area contributed by atoms with E-state index in [2.05, 4.69) is 38.1 Å². The molecule has 0 aliphatic heterocycles. The summed E-state index contributed by atoms with van der Waals surface area (Å²) in [5.41, 5.74) is 4.81. The molecule has 0 fully saturated rings. The van der Waals surface area contributed by atoms with E-state index in [0.717, 1.165) is 18.3 Å². The molecule has 0 radical (unpaired) electrons. The van der Waals surface area contributed by atoms with E-state index in [1.807, 2.05) is 24.3 Å². The largest absolute Gasteiger partial charge is 0.303 e. The minimum Gasteiger partial charge on any atom is -0.303 e. The monoisotopic (exact) mass is 238 g/mol. The van der Waals surface area contributed by atoms with Gasteiger partial charge in [0.2, 0.25) is 0 Å². The fourth-order valence-corrected chi connectivity index (χ4v) is 2.13. The summed E-state index contributed by atoms with van der Waals surface area (Å²) < 4.78 is 0. The van der Waals surface area contributed by atoms with Crippen molar-refractivity contribution in [1.29, 1.82) is 0 Å². The van der Waals surface area contributed by atoms with Crippen LogP contribution in [0.3, 0.4) is 0 Å². The van der Waals surface area contributed by atoms with Crippen LogP contribution in [0, 0.1) is 13.8 Å². The van der Waals surface area contributed by atoms with E-state index in [1.54, 1.807) is 0 Å². The maximum atomic E-state index is 11.3. The molecule has 1 atom stereocenters. The van der Waals surface area contributed by atoms with Gasteiger partial charge in [0.1, 0.15) is 6.29 Å². The van der Waals surface area contributed by atoms with E-state index in [9.17, 15) is 4.79 Å². The standard InChI is InChI=1S/C17H18O/c1-13-7-9-15(10-8-13)17(12-18)11-16-6-4-3-5-14(16)2/h3-10,12,17H,11H2,1-2H3. The van der Waals surface area contributed by atoms with E-state index < -0.39 is 0 Å². The lowest BCUT2D eigenvalue weighted by Gasteiger charge is -2.13. The second-order valence-electron chi connectivity index (χ2n) is 4.78. The Morgan fingerprint density at radius 3 is 2.28 bits per heavy atom. The van der Waals surface area contributed by atoms with Gasteiger partial charge in [0.05, 0.1) is 0 Å². The van der Waals surface area contributed by atoms with Crippen LogP contribution < -0.4 is 0 Å². The molecule has 0 saturated heterocycles. The van der Waals surface area contributed by atoms with Gasteiger partial charge in [0.25, 0.3) is 0 Å². The molecule has 1 heteroatoms. The zero-order chi connectivity index (χ0) is 13.0. The lowest BCUT2D eigenvalue weighted by molar-refractivity contribution is -0.109. The van der Waals surface area contributed by atoms with Crippen LogP contribution >= 0.6 is 0 Å². The van der Waals surface area contributed by atoms with Crippen LogP contribution in [0.4, 0.5) is 0 Å². The normalized spacial score (nSPS) is 12.1. The molecule has 92 valence electrons. The molecule has 2 aromatic rings. The fourth-order valence-electron chi connectivity index (χ4n) is 2.13. The first-order valence-electron chi connectivity index (χ1n) is 6.27. The molecule has 0 amide bonds. The highest BCUT2D eigenvalue weighted by Gasteiger charge is 2.12. The molecule has 1 nitrogen and oxygen atoms in total. The predicted octanol–water partition coefficient (Wildman–Crippen LogP) is 3.83. The van der Waals surface area contributed by atoms with Crippen LogP contribution in [0.15, 0.2) is 48.5 Å². The summed E-state index contributed by atoms with van der Waals surface area (Å²) in [4.78, 5) is 11.3. The van der Waals surface area contributed by atoms with Crippen molar-refractivity contribution in [2.24, 2.45) is 0 Å². The van der Waals surface area contributed by atoms with Gasteiger partial charge < -0.3 is 4.79 Å². The molecular weight excluding hydrogens is 220 g/mol. The van der Waals surface area contributed by atoms with Crippen molar-refractivity contribution >= 4 is 6.29 Å². The molecule has 0 aliphatic rings. The van der Waals surface area contributed by atoms with Crippen molar-refractivity contribution in [3.05, 3.63) is 70.8 Å². The number of rotatable bonds is 4. The van der Waals surface area contributed by atoms with Gasteiger partial charge in [0.15, 0.2) is 0 Å². The third-order valence-corrected chi connectivity index (χ3v) is 3.37. The third-order valence-electron chi connectivity index (χ3n) is 3.37. The molecule has 1 unspecified atom stereocenters. The number of carbonyl (C=O) groups excluding carboxylic acids is 1. The minimum absolute atomic E-state index is 0.0494. The van der Waals surface area contributed by atoms with Crippen molar-refractivity contribution in [3.63, 3.8) is 0 Å². The Kier molecular flexibility index (Phi) is 3.93. The molecular formula is C17H18O. The van der Waals surface area contributed by atoms with Gasteiger partial charge in [-0.05, 0) is 37.0 Å². The molecule has 0 aliphatic carbocycles. The number of aryl methyl sites for hydroxylation is 2. The SMILES string of the molecule is Cc1ccc(C(C=O)Cc2ccccc2C)cc1. The number of hydrogen-bond donors (Lipinski definition) is 0. The molecule has 0 N–H and O–H groups in total. The number of hydrogen-bond acceptors (Lipinski definition) is 1. The number of carbonyl (C=O) groups is 1. The topological polar surface area (TPSA) is 17.1 Å². The molecule has 18 heavy (non-hydrogen) atoms. The maximum absolute atomic E-state index is 11.3. The van der Waals surface area contributed by atoms with E-state index in [0.29, 0.717) is 0 Å². The van der Waals surface area contributed by atoms with Gasteiger partial charge in [-0.2, -0.15) is 0 Å². The van der Waals surface area contributed by atoms with Crippen LogP contribution in [0.1, 0.15) is 28.2 Å². The van der Waals surface area contributed by atoms with Gasteiger partial charge in [-0.15, -0.1) is 0 Å². The highest BCUT2D eigenvalue weighted by atomic mass is 16.1. The first-order chi connectivity index (χ1) is 8.70. The second kappa shape index (κ2) is 5.63. The Morgan fingerprint density at radius 1 is 1.00 bits per heavy atom. The molecule has 0 spiro atoms. The van der Waals surface area contributed by atoms with Crippen LogP contribution in [-0.2, 0) is 11.2 Å². The van der Waals surface area contributed by atoms with Crippen LogP contribution in [0.25, 0.3) is 0 Å². The van der Waals surface area contributed by atoms with Gasteiger partial charge in [0, 0.05) is 5.92 Å². The van der Waals surface area contributed by atoms with Crippen LogP contribution in [0.5, 0.6) is 0 Å².